The molecule has 0 aliphatic carbocycles. The van der Waals surface area contributed by atoms with Gasteiger partial charge in [-0.15, -0.1) is 0 Å². The minimum Gasteiger partial charge on any atom is -0.454 e. The quantitative estimate of drug-likeness (QED) is 0.216. The molecule has 2 heterocycles. The average molecular weight is 516 g/mol. The van der Waals surface area contributed by atoms with E-state index in [-0.39, 0.29) is 5.43 Å². The van der Waals surface area contributed by atoms with Crippen molar-refractivity contribution in [2.45, 2.75) is 0 Å². The third-order valence-corrected chi connectivity index (χ3v) is 7.30. The molecule has 0 atom stereocenters. The van der Waals surface area contributed by atoms with E-state index in [0.717, 1.165) is 37.7 Å². The largest absolute Gasteiger partial charge is 0.454 e. The van der Waals surface area contributed by atoms with Gasteiger partial charge in [0.1, 0.15) is 5.58 Å². The summed E-state index contributed by atoms with van der Waals surface area (Å²) in [4.78, 5) is 13.3. The molecule has 0 unspecified atom stereocenters. The van der Waals surface area contributed by atoms with Crippen LogP contribution in [0.3, 0.4) is 0 Å². The minimum atomic E-state index is -0.0221. The van der Waals surface area contributed by atoms with E-state index in [1.54, 1.807) is 0 Å². The van der Waals surface area contributed by atoms with Crippen molar-refractivity contribution in [3.05, 3.63) is 124 Å². The molecule has 0 amide bonds. The molecule has 0 saturated heterocycles. The summed E-state index contributed by atoms with van der Waals surface area (Å²) in [6.07, 6.45) is 0. The van der Waals surface area contributed by atoms with E-state index in [0.29, 0.717) is 21.9 Å². The maximum atomic E-state index is 13.3. The predicted molar refractivity (Wildman–Crippen MR) is 147 cm³/mol. The van der Waals surface area contributed by atoms with Crippen molar-refractivity contribution in [1.82, 2.24) is 4.57 Å². The van der Waals surface area contributed by atoms with Crippen LogP contribution in [0.2, 0.25) is 0 Å². The van der Waals surface area contributed by atoms with Gasteiger partial charge in [0.15, 0.2) is 5.58 Å². The standard InChI is InChI=1S/C31H18BrNO2/c32-26-14-7-13-24-29(34)23-12-6-11-21(30(23)35-31(24)26)19-16-17-28-25(18-19)22-10-4-5-15-27(22)33(28)20-8-2-1-3-9-20/h1-18H. The highest BCUT2D eigenvalue weighted by molar-refractivity contribution is 9.10. The first-order chi connectivity index (χ1) is 17.2. The fraction of sp³-hybridized carbons (Fsp3) is 0. The Morgan fingerprint density at radius 1 is 0.600 bits per heavy atom. The van der Waals surface area contributed by atoms with Gasteiger partial charge in [0.25, 0.3) is 0 Å². The van der Waals surface area contributed by atoms with Gasteiger partial charge < -0.3 is 8.98 Å². The maximum Gasteiger partial charge on any atom is 0.200 e. The van der Waals surface area contributed by atoms with Gasteiger partial charge in [-0.05, 0) is 70.0 Å². The predicted octanol–water partition coefficient (Wildman–Crippen LogP) is 8.47. The number of benzene rings is 5. The number of rotatable bonds is 2. The third kappa shape index (κ3) is 3.00. The van der Waals surface area contributed by atoms with Crippen LogP contribution < -0.4 is 5.43 Å². The van der Waals surface area contributed by atoms with Crippen LogP contribution in [0.4, 0.5) is 0 Å². The molecule has 0 saturated carbocycles. The second-order valence-corrected chi connectivity index (χ2v) is 9.50. The Bertz CT molecular complexity index is 1980. The van der Waals surface area contributed by atoms with E-state index in [2.05, 4.69) is 87.2 Å². The Morgan fingerprint density at radius 3 is 2.14 bits per heavy atom. The van der Waals surface area contributed by atoms with Crippen LogP contribution in [0.15, 0.2) is 123 Å². The molecule has 35 heavy (non-hydrogen) atoms. The molecule has 4 heteroatoms. The summed E-state index contributed by atoms with van der Waals surface area (Å²) in [5, 5.41) is 3.50. The summed E-state index contributed by atoms with van der Waals surface area (Å²) >= 11 is 3.55. The van der Waals surface area contributed by atoms with Crippen LogP contribution in [-0.4, -0.2) is 4.57 Å². The van der Waals surface area contributed by atoms with Crippen molar-refractivity contribution in [3.63, 3.8) is 0 Å². The minimum absolute atomic E-state index is 0.0221. The highest BCUT2D eigenvalue weighted by atomic mass is 79.9. The molecule has 7 aromatic rings. The van der Waals surface area contributed by atoms with Crippen LogP contribution in [-0.2, 0) is 0 Å². The van der Waals surface area contributed by atoms with E-state index >= 15 is 0 Å². The number of aromatic nitrogens is 1. The highest BCUT2D eigenvalue weighted by Crippen LogP contribution is 2.37. The Kier molecular flexibility index (Phi) is 4.45. The number of para-hydroxylation sites is 4. The lowest BCUT2D eigenvalue weighted by Crippen LogP contribution is -2.02. The molecular formula is C31H18BrNO2. The van der Waals surface area contributed by atoms with Gasteiger partial charge in [0, 0.05) is 22.0 Å². The Morgan fingerprint density at radius 2 is 1.29 bits per heavy atom. The summed E-state index contributed by atoms with van der Waals surface area (Å²) in [6, 6.07) is 36.7. The van der Waals surface area contributed by atoms with Crippen molar-refractivity contribution >= 4 is 59.7 Å². The molecule has 7 rings (SSSR count). The van der Waals surface area contributed by atoms with Crippen LogP contribution in [0.1, 0.15) is 0 Å². The van der Waals surface area contributed by atoms with Crippen LogP contribution in [0.5, 0.6) is 0 Å². The van der Waals surface area contributed by atoms with E-state index in [1.807, 2.05) is 42.5 Å². The monoisotopic (exact) mass is 515 g/mol. The second kappa shape index (κ2) is 7.69. The summed E-state index contributed by atoms with van der Waals surface area (Å²) in [7, 11) is 0. The molecule has 2 aromatic heterocycles. The van der Waals surface area contributed by atoms with Crippen LogP contribution >= 0.6 is 15.9 Å². The van der Waals surface area contributed by atoms with E-state index in [9.17, 15) is 4.79 Å². The maximum absolute atomic E-state index is 13.3. The zero-order chi connectivity index (χ0) is 23.5. The molecule has 0 N–H and O–H groups in total. The van der Waals surface area contributed by atoms with Crippen molar-refractivity contribution < 1.29 is 4.42 Å². The average Bonchev–Trinajstić information content (AvgIpc) is 3.23. The van der Waals surface area contributed by atoms with E-state index in [1.165, 1.54) is 5.39 Å². The zero-order valence-electron chi connectivity index (χ0n) is 18.5. The summed E-state index contributed by atoms with van der Waals surface area (Å²) < 4.78 is 9.43. The van der Waals surface area contributed by atoms with Crippen LogP contribution in [0.25, 0.3) is 60.6 Å². The summed E-state index contributed by atoms with van der Waals surface area (Å²) in [5.41, 5.74) is 6.47. The normalized spacial score (nSPS) is 11.7. The Balaban J connectivity index is 1.55. The van der Waals surface area contributed by atoms with Gasteiger partial charge in [0.05, 0.1) is 26.3 Å². The molecule has 166 valence electrons. The molecule has 0 radical (unpaired) electrons. The Labute approximate surface area is 209 Å². The fourth-order valence-corrected chi connectivity index (χ4v) is 5.53. The second-order valence-electron chi connectivity index (χ2n) is 8.65. The molecule has 5 aromatic carbocycles. The lowest BCUT2D eigenvalue weighted by Gasteiger charge is -2.10. The number of halogens is 1. The molecular weight excluding hydrogens is 498 g/mol. The fourth-order valence-electron chi connectivity index (χ4n) is 5.09. The van der Waals surface area contributed by atoms with Gasteiger partial charge in [-0.1, -0.05) is 60.7 Å². The number of nitrogens with zero attached hydrogens (tertiary/aromatic N) is 1. The van der Waals surface area contributed by atoms with Crippen molar-refractivity contribution in [2.75, 3.05) is 0 Å². The first-order valence-corrected chi connectivity index (χ1v) is 12.2. The van der Waals surface area contributed by atoms with Crippen molar-refractivity contribution in [3.8, 4) is 16.8 Å². The van der Waals surface area contributed by atoms with Gasteiger partial charge >= 0.3 is 0 Å². The zero-order valence-corrected chi connectivity index (χ0v) is 20.1. The van der Waals surface area contributed by atoms with E-state index in [4.69, 9.17) is 4.42 Å². The van der Waals surface area contributed by atoms with Crippen LogP contribution in [0, 0.1) is 0 Å². The Hall–Kier alpha value is -4.15. The van der Waals surface area contributed by atoms with Crippen molar-refractivity contribution in [1.29, 1.82) is 0 Å². The number of hydrogen-bond acceptors (Lipinski definition) is 2. The first-order valence-electron chi connectivity index (χ1n) is 11.4. The topological polar surface area (TPSA) is 35.1 Å². The van der Waals surface area contributed by atoms with Gasteiger partial charge in [-0.25, -0.2) is 0 Å². The lowest BCUT2D eigenvalue weighted by atomic mass is 10.00. The molecule has 3 nitrogen and oxygen atoms in total. The summed E-state index contributed by atoms with van der Waals surface area (Å²) in [5.74, 6) is 0. The molecule has 0 spiro atoms. The number of fused-ring (bicyclic) bond motifs is 5. The summed E-state index contributed by atoms with van der Waals surface area (Å²) in [6.45, 7) is 0. The molecule has 0 aliphatic rings. The molecule has 0 bridgehead atoms. The highest BCUT2D eigenvalue weighted by Gasteiger charge is 2.16. The first kappa shape index (κ1) is 20.2. The smallest absolute Gasteiger partial charge is 0.200 e. The molecule has 0 aliphatic heterocycles. The third-order valence-electron chi connectivity index (χ3n) is 6.67. The van der Waals surface area contributed by atoms with Gasteiger partial charge in [-0.2, -0.15) is 0 Å². The van der Waals surface area contributed by atoms with Gasteiger partial charge in [-0.3, -0.25) is 4.79 Å². The van der Waals surface area contributed by atoms with Crippen molar-refractivity contribution in [2.24, 2.45) is 0 Å². The van der Waals surface area contributed by atoms with E-state index < -0.39 is 0 Å². The van der Waals surface area contributed by atoms with Gasteiger partial charge in [0.2, 0.25) is 5.43 Å². The lowest BCUT2D eigenvalue weighted by molar-refractivity contribution is 0.659. The molecule has 0 fully saturated rings. The SMILES string of the molecule is O=c1c2cccc(Br)c2oc2c(-c3ccc4c(c3)c3ccccc3n4-c3ccccc3)cccc12. The number of hydrogen-bond donors (Lipinski definition) is 0.